The number of aromatic nitrogens is 3. The minimum Gasteiger partial charge on any atom is -0.338 e. The number of nitrogens with zero attached hydrogens (tertiary/aromatic N) is 3. The van der Waals surface area contributed by atoms with Crippen LogP contribution in [0.1, 0.15) is 11.3 Å². The molecule has 0 aliphatic heterocycles. The van der Waals surface area contributed by atoms with Crippen molar-refractivity contribution in [3.63, 3.8) is 0 Å². The summed E-state index contributed by atoms with van der Waals surface area (Å²) >= 11 is 7.35. The first-order valence-corrected chi connectivity index (χ1v) is 8.67. The van der Waals surface area contributed by atoms with E-state index in [1.54, 1.807) is 23.0 Å². The van der Waals surface area contributed by atoms with Gasteiger partial charge in [0.15, 0.2) is 0 Å². The Kier molecular flexibility index (Phi) is 5.45. The molecule has 1 aromatic carbocycles. The van der Waals surface area contributed by atoms with Crippen LogP contribution in [0.3, 0.4) is 0 Å². The van der Waals surface area contributed by atoms with E-state index < -0.39 is 0 Å². The first-order chi connectivity index (χ1) is 11.7. The SMILES string of the molecule is O=C(NCCc1csc(-n2cccn2)n1)NCc1ccc(Cl)cc1. The summed E-state index contributed by atoms with van der Waals surface area (Å²) < 4.78 is 1.72. The van der Waals surface area contributed by atoms with E-state index >= 15 is 0 Å². The van der Waals surface area contributed by atoms with Gasteiger partial charge in [0, 0.05) is 42.3 Å². The van der Waals surface area contributed by atoms with Gasteiger partial charge in [-0.1, -0.05) is 23.7 Å². The van der Waals surface area contributed by atoms with Gasteiger partial charge in [0.25, 0.3) is 0 Å². The molecule has 0 aliphatic rings. The maximum atomic E-state index is 11.8. The number of rotatable bonds is 6. The van der Waals surface area contributed by atoms with Gasteiger partial charge in [-0.05, 0) is 23.8 Å². The monoisotopic (exact) mass is 361 g/mol. The van der Waals surface area contributed by atoms with Gasteiger partial charge in [0.05, 0.1) is 5.69 Å². The zero-order valence-electron chi connectivity index (χ0n) is 12.8. The quantitative estimate of drug-likeness (QED) is 0.708. The highest BCUT2D eigenvalue weighted by Crippen LogP contribution is 2.13. The van der Waals surface area contributed by atoms with Crippen LogP contribution in [0, 0.1) is 0 Å². The Labute approximate surface area is 148 Å². The van der Waals surface area contributed by atoms with Crippen molar-refractivity contribution < 1.29 is 4.79 Å². The summed E-state index contributed by atoms with van der Waals surface area (Å²) in [6.45, 7) is 0.984. The van der Waals surface area contributed by atoms with E-state index in [2.05, 4.69) is 20.7 Å². The molecule has 2 N–H and O–H groups in total. The van der Waals surface area contributed by atoms with Crippen LogP contribution in [0.4, 0.5) is 4.79 Å². The van der Waals surface area contributed by atoms with Gasteiger partial charge >= 0.3 is 6.03 Å². The van der Waals surface area contributed by atoms with Crippen LogP contribution in [-0.2, 0) is 13.0 Å². The number of urea groups is 1. The standard InChI is InChI=1S/C16H16ClN5OS/c17-13-4-2-12(3-5-13)10-19-15(23)18-8-6-14-11-24-16(21-14)22-9-1-7-20-22/h1-5,7,9,11H,6,8,10H2,(H2,18,19,23). The molecule has 3 rings (SSSR count). The fourth-order valence-corrected chi connectivity index (χ4v) is 2.97. The maximum absolute atomic E-state index is 11.8. The second-order valence-electron chi connectivity index (χ2n) is 5.06. The first kappa shape index (κ1) is 16.5. The topological polar surface area (TPSA) is 71.8 Å². The zero-order valence-corrected chi connectivity index (χ0v) is 14.3. The van der Waals surface area contributed by atoms with E-state index in [1.807, 2.05) is 29.8 Å². The Bertz CT molecular complexity index is 785. The summed E-state index contributed by atoms with van der Waals surface area (Å²) in [5.41, 5.74) is 1.93. The lowest BCUT2D eigenvalue weighted by atomic mass is 10.2. The summed E-state index contributed by atoms with van der Waals surface area (Å²) in [7, 11) is 0. The van der Waals surface area contributed by atoms with Gasteiger partial charge in [0.1, 0.15) is 0 Å². The number of amides is 2. The number of hydrogen-bond donors (Lipinski definition) is 2. The van der Waals surface area contributed by atoms with Gasteiger partial charge in [-0.15, -0.1) is 11.3 Å². The summed E-state index contributed by atoms with van der Waals surface area (Å²) in [4.78, 5) is 16.3. The van der Waals surface area contributed by atoms with Gasteiger partial charge in [-0.3, -0.25) is 0 Å². The number of carbonyl (C=O) groups excluding carboxylic acids is 1. The van der Waals surface area contributed by atoms with Gasteiger partial charge in [0.2, 0.25) is 5.13 Å². The summed E-state index contributed by atoms with van der Waals surface area (Å²) in [5.74, 6) is 0. The normalized spacial score (nSPS) is 10.5. The van der Waals surface area contributed by atoms with Crippen molar-refractivity contribution in [2.24, 2.45) is 0 Å². The molecule has 0 fully saturated rings. The minimum absolute atomic E-state index is 0.201. The molecular weight excluding hydrogens is 346 g/mol. The lowest BCUT2D eigenvalue weighted by Gasteiger charge is -2.07. The van der Waals surface area contributed by atoms with Gasteiger partial charge < -0.3 is 10.6 Å². The van der Waals surface area contributed by atoms with E-state index in [1.165, 1.54) is 11.3 Å². The number of benzene rings is 1. The molecule has 0 unspecified atom stereocenters. The molecule has 0 saturated carbocycles. The van der Waals surface area contributed by atoms with Crippen molar-refractivity contribution in [1.82, 2.24) is 25.4 Å². The molecule has 6 nitrogen and oxygen atoms in total. The fourth-order valence-electron chi connectivity index (χ4n) is 2.05. The third kappa shape index (κ3) is 4.56. The molecule has 0 aliphatic carbocycles. The molecule has 2 amide bonds. The van der Waals surface area contributed by atoms with Crippen LogP contribution in [-0.4, -0.2) is 27.3 Å². The number of halogens is 1. The van der Waals surface area contributed by atoms with Gasteiger partial charge in [-0.25, -0.2) is 14.5 Å². The summed E-state index contributed by atoms with van der Waals surface area (Å²) in [6.07, 6.45) is 4.24. The molecule has 0 radical (unpaired) electrons. The Hall–Kier alpha value is -2.38. The number of hydrogen-bond acceptors (Lipinski definition) is 4. The number of carbonyl (C=O) groups is 1. The smallest absolute Gasteiger partial charge is 0.315 e. The third-order valence-electron chi connectivity index (χ3n) is 3.27. The molecular formula is C16H16ClN5OS. The van der Waals surface area contributed by atoms with Crippen LogP contribution in [0.25, 0.3) is 5.13 Å². The van der Waals surface area contributed by atoms with Crippen LogP contribution >= 0.6 is 22.9 Å². The summed E-state index contributed by atoms with van der Waals surface area (Å²) in [6, 6.07) is 9.02. The molecule has 124 valence electrons. The van der Waals surface area contributed by atoms with E-state index in [0.717, 1.165) is 16.4 Å². The largest absolute Gasteiger partial charge is 0.338 e. The van der Waals surface area contributed by atoms with E-state index in [9.17, 15) is 4.79 Å². The molecule has 2 heterocycles. The first-order valence-electron chi connectivity index (χ1n) is 7.41. The van der Waals surface area contributed by atoms with Crippen molar-refractivity contribution in [1.29, 1.82) is 0 Å². The summed E-state index contributed by atoms with van der Waals surface area (Å²) in [5, 5.41) is 13.3. The van der Waals surface area contributed by atoms with Crippen LogP contribution < -0.4 is 10.6 Å². The average molecular weight is 362 g/mol. The van der Waals surface area contributed by atoms with Crippen molar-refractivity contribution in [2.45, 2.75) is 13.0 Å². The minimum atomic E-state index is -0.201. The number of nitrogens with one attached hydrogen (secondary N) is 2. The van der Waals surface area contributed by atoms with E-state index in [-0.39, 0.29) is 6.03 Å². The Morgan fingerprint density at radius 3 is 2.83 bits per heavy atom. The predicted molar refractivity (Wildman–Crippen MR) is 94.6 cm³/mol. The highest BCUT2D eigenvalue weighted by molar-refractivity contribution is 7.12. The number of thiazole rings is 1. The second kappa shape index (κ2) is 7.94. The van der Waals surface area contributed by atoms with Crippen molar-refractivity contribution in [3.8, 4) is 5.13 Å². The maximum Gasteiger partial charge on any atom is 0.315 e. The molecule has 2 aromatic heterocycles. The van der Waals surface area contributed by atoms with Crippen molar-refractivity contribution in [2.75, 3.05) is 6.54 Å². The average Bonchev–Trinajstić information content (AvgIpc) is 3.25. The lowest BCUT2D eigenvalue weighted by molar-refractivity contribution is 0.240. The molecule has 8 heteroatoms. The van der Waals surface area contributed by atoms with Crippen molar-refractivity contribution in [3.05, 3.63) is 64.4 Å². The fraction of sp³-hybridized carbons (Fsp3) is 0.188. The molecule has 3 aromatic rings. The molecule has 0 atom stereocenters. The zero-order chi connectivity index (χ0) is 16.8. The Morgan fingerprint density at radius 1 is 1.25 bits per heavy atom. The van der Waals surface area contributed by atoms with Crippen LogP contribution in [0.2, 0.25) is 5.02 Å². The molecule has 0 bridgehead atoms. The van der Waals surface area contributed by atoms with Crippen LogP contribution in [0.5, 0.6) is 0 Å². The van der Waals surface area contributed by atoms with Crippen molar-refractivity contribution >= 4 is 29.0 Å². The van der Waals surface area contributed by atoms with Gasteiger partial charge in [-0.2, -0.15) is 5.10 Å². The van der Waals surface area contributed by atoms with Crippen LogP contribution in [0.15, 0.2) is 48.1 Å². The highest BCUT2D eigenvalue weighted by atomic mass is 35.5. The Morgan fingerprint density at radius 2 is 2.08 bits per heavy atom. The second-order valence-corrected chi connectivity index (χ2v) is 6.33. The van der Waals surface area contributed by atoms with E-state index in [4.69, 9.17) is 11.6 Å². The third-order valence-corrected chi connectivity index (χ3v) is 4.40. The Balaban J connectivity index is 1.40. The molecule has 0 spiro atoms. The predicted octanol–water partition coefficient (Wildman–Crippen LogP) is 3.02. The molecule has 24 heavy (non-hydrogen) atoms. The molecule has 0 saturated heterocycles. The highest BCUT2D eigenvalue weighted by Gasteiger charge is 2.05. The lowest BCUT2D eigenvalue weighted by Crippen LogP contribution is -2.36. The van der Waals surface area contributed by atoms with E-state index in [0.29, 0.717) is 24.5 Å².